The highest BCUT2D eigenvalue weighted by molar-refractivity contribution is 8.15. The molecule has 2 unspecified atom stereocenters. The van der Waals surface area contributed by atoms with E-state index in [4.69, 9.17) is 24.1 Å². The number of imidazole rings is 1. The standard InChI is InChI=1S/C24H40N7O20P3S2/c1-12(56(44,45)46)23(36)55-7-6-26-14(32)4-5-27-21(35)18(34)24(2,3)9-48-54(42,43)51-53(40,41)47-8-13-17(50-52(37,38)39)16(33)22(49-13)31-11-30-15-19(25)28-10-29-20(15)31/h10-13,16-18,22,33-34H,4-9H2,1-3H3,(H,26,32)(H,27,35)(H,40,41)(H,42,43)(H2,25,28,29)(H2,37,38,39)(H,44,45,46)/t12-,13+,16+,17+,18-,22+/m0/s1. The van der Waals surface area contributed by atoms with Crippen molar-refractivity contribution in [3.63, 3.8) is 0 Å². The third-order valence-electron chi connectivity index (χ3n) is 7.52. The average molecular weight is 904 g/mol. The number of aromatic nitrogens is 4. The number of phosphoric ester groups is 3. The zero-order valence-corrected chi connectivity index (χ0v) is 33.6. The number of anilines is 1. The predicted octanol–water partition coefficient (Wildman–Crippen LogP) is -2.06. The number of nitrogens with one attached hydrogen (secondary N) is 2. The number of rotatable bonds is 21. The van der Waals surface area contributed by atoms with Crippen LogP contribution in [0.2, 0.25) is 0 Å². The minimum absolute atomic E-state index is 0.0121. The van der Waals surface area contributed by atoms with Gasteiger partial charge >= 0.3 is 23.5 Å². The van der Waals surface area contributed by atoms with E-state index in [0.717, 1.165) is 24.1 Å². The molecule has 2 aromatic heterocycles. The molecule has 0 spiro atoms. The molecule has 0 bridgehead atoms. The van der Waals surface area contributed by atoms with Crippen molar-refractivity contribution in [2.75, 3.05) is 37.8 Å². The van der Waals surface area contributed by atoms with Gasteiger partial charge < -0.3 is 50.9 Å². The lowest BCUT2D eigenvalue weighted by Gasteiger charge is -2.30. The number of fused-ring (bicyclic) bond motifs is 1. The monoisotopic (exact) mass is 903 g/mol. The van der Waals surface area contributed by atoms with Gasteiger partial charge in [-0.1, -0.05) is 25.6 Å². The zero-order valence-electron chi connectivity index (χ0n) is 29.3. The molecule has 0 saturated carbocycles. The Kier molecular flexibility index (Phi) is 16.3. The van der Waals surface area contributed by atoms with E-state index >= 15 is 0 Å². The Labute approximate surface area is 321 Å². The number of hydrogen-bond donors (Lipinski definition) is 10. The number of nitrogens with two attached hydrogens (primary N) is 1. The molecule has 1 aliphatic heterocycles. The van der Waals surface area contributed by atoms with Crippen molar-refractivity contribution in [3.8, 4) is 0 Å². The summed E-state index contributed by atoms with van der Waals surface area (Å²) in [5, 5.41) is 23.5. The lowest BCUT2D eigenvalue weighted by molar-refractivity contribution is -0.137. The van der Waals surface area contributed by atoms with E-state index in [2.05, 4.69) is 34.4 Å². The molecule has 0 aliphatic carbocycles. The van der Waals surface area contributed by atoms with Gasteiger partial charge in [-0.25, -0.2) is 28.6 Å². The first-order valence-electron chi connectivity index (χ1n) is 15.7. The number of carbonyl (C=O) groups is 3. The van der Waals surface area contributed by atoms with Crippen molar-refractivity contribution in [1.82, 2.24) is 30.2 Å². The first-order valence-corrected chi connectivity index (χ1v) is 22.7. The number of hydrogen-bond acceptors (Lipinski definition) is 20. The minimum Gasteiger partial charge on any atom is -0.386 e. The van der Waals surface area contributed by atoms with E-state index < -0.39 is 105 Å². The lowest BCUT2D eigenvalue weighted by atomic mass is 9.87. The van der Waals surface area contributed by atoms with E-state index in [0.29, 0.717) is 11.8 Å². The van der Waals surface area contributed by atoms with Gasteiger partial charge in [-0.15, -0.1) is 0 Å². The van der Waals surface area contributed by atoms with Crippen LogP contribution in [0.4, 0.5) is 5.82 Å². The minimum atomic E-state index is -5.60. The molecule has 318 valence electrons. The lowest BCUT2D eigenvalue weighted by Crippen LogP contribution is -2.46. The van der Waals surface area contributed by atoms with Crippen molar-refractivity contribution < 1.29 is 93.5 Å². The Morgan fingerprint density at radius 2 is 1.71 bits per heavy atom. The molecule has 56 heavy (non-hydrogen) atoms. The zero-order chi connectivity index (χ0) is 42.4. The maximum atomic E-state index is 12.6. The second-order valence-corrected chi connectivity index (χ2v) is 19.5. The van der Waals surface area contributed by atoms with Gasteiger partial charge in [-0.3, -0.25) is 37.1 Å². The van der Waals surface area contributed by atoms with Gasteiger partial charge in [0.25, 0.3) is 10.1 Å². The summed E-state index contributed by atoms with van der Waals surface area (Å²) in [6.07, 6.45) is -7.24. The van der Waals surface area contributed by atoms with Gasteiger partial charge in [-0.05, 0) is 6.92 Å². The summed E-state index contributed by atoms with van der Waals surface area (Å²) in [5.74, 6) is -1.73. The molecule has 1 fully saturated rings. The van der Waals surface area contributed by atoms with Crippen LogP contribution >= 0.6 is 35.2 Å². The smallest absolute Gasteiger partial charge is 0.386 e. The molecule has 2 amide bonds. The van der Waals surface area contributed by atoms with Crippen LogP contribution in [0, 0.1) is 5.41 Å². The van der Waals surface area contributed by atoms with Crippen LogP contribution < -0.4 is 16.4 Å². The van der Waals surface area contributed by atoms with E-state index in [9.17, 15) is 66.3 Å². The normalized spacial score (nSPS) is 22.5. The second kappa shape index (κ2) is 19.0. The van der Waals surface area contributed by atoms with E-state index in [1.807, 2.05) is 0 Å². The SMILES string of the molecule is C[C@@H](C(=O)SCCNC(=O)CCNC(=O)[C@H](O)C(C)(C)COP(=O)(O)OP(=O)(O)OC[C@H]1O[C@@H](n2cnc3c(N)ncnc32)[C@H](O)[C@@H]1OP(=O)(O)O)S(=O)(=O)O. The number of aliphatic hydroxyl groups is 2. The third-order valence-corrected chi connectivity index (χ3v) is 12.9. The van der Waals surface area contributed by atoms with Crippen molar-refractivity contribution in [2.45, 2.75) is 63.1 Å². The molecular weight excluding hydrogens is 863 g/mol. The Hall–Kier alpha value is -2.53. The maximum Gasteiger partial charge on any atom is 0.481 e. The van der Waals surface area contributed by atoms with E-state index in [1.165, 1.54) is 13.8 Å². The summed E-state index contributed by atoms with van der Waals surface area (Å²) in [5.41, 5.74) is 4.15. The second-order valence-electron chi connectivity index (χ2n) is 12.4. The number of amides is 2. The van der Waals surface area contributed by atoms with Crippen LogP contribution in [-0.4, -0.2) is 141 Å². The van der Waals surface area contributed by atoms with Crippen molar-refractivity contribution in [2.24, 2.45) is 5.41 Å². The number of aliphatic hydroxyl groups excluding tert-OH is 2. The fourth-order valence-corrected chi connectivity index (χ4v) is 8.80. The predicted molar refractivity (Wildman–Crippen MR) is 188 cm³/mol. The first kappa shape index (κ1) is 47.8. The highest BCUT2D eigenvalue weighted by Crippen LogP contribution is 2.61. The Morgan fingerprint density at radius 3 is 2.34 bits per heavy atom. The summed E-state index contributed by atoms with van der Waals surface area (Å²) in [4.78, 5) is 87.0. The average Bonchev–Trinajstić information content (AvgIpc) is 3.63. The van der Waals surface area contributed by atoms with Gasteiger partial charge in [0.05, 0.1) is 19.5 Å². The maximum absolute atomic E-state index is 12.6. The van der Waals surface area contributed by atoms with Crippen LogP contribution in [0.5, 0.6) is 0 Å². The number of carbonyl (C=O) groups excluding carboxylic acids is 3. The van der Waals surface area contributed by atoms with Crippen molar-refractivity contribution >= 4 is 79.3 Å². The molecule has 0 radical (unpaired) electrons. The van der Waals surface area contributed by atoms with Gasteiger partial charge in [0.15, 0.2) is 22.9 Å². The van der Waals surface area contributed by atoms with Crippen LogP contribution in [0.15, 0.2) is 12.7 Å². The molecule has 2 aromatic rings. The van der Waals surface area contributed by atoms with Crippen LogP contribution in [0.3, 0.4) is 0 Å². The van der Waals surface area contributed by atoms with Gasteiger partial charge in [-0.2, -0.15) is 12.7 Å². The van der Waals surface area contributed by atoms with Crippen LogP contribution in [0.25, 0.3) is 11.2 Å². The fourth-order valence-electron chi connectivity index (χ4n) is 4.52. The highest BCUT2D eigenvalue weighted by Gasteiger charge is 2.50. The largest absolute Gasteiger partial charge is 0.481 e. The summed E-state index contributed by atoms with van der Waals surface area (Å²) in [7, 11) is -21.0. The Morgan fingerprint density at radius 1 is 1.07 bits per heavy atom. The number of thioether (sulfide) groups is 1. The Balaban J connectivity index is 1.50. The molecule has 8 atom stereocenters. The molecule has 11 N–H and O–H groups in total. The molecule has 32 heteroatoms. The number of nitrogen functional groups attached to an aromatic ring is 1. The molecular formula is C24H40N7O20P3S2. The number of nitrogens with zero attached hydrogens (tertiary/aromatic N) is 4. The highest BCUT2D eigenvalue weighted by atomic mass is 32.2. The van der Waals surface area contributed by atoms with Gasteiger partial charge in [0.1, 0.15) is 36.3 Å². The van der Waals surface area contributed by atoms with E-state index in [1.54, 1.807) is 0 Å². The molecule has 3 heterocycles. The van der Waals surface area contributed by atoms with Crippen LogP contribution in [0.1, 0.15) is 33.4 Å². The number of ether oxygens (including phenoxy) is 1. The van der Waals surface area contributed by atoms with Crippen LogP contribution in [-0.2, 0) is 60.8 Å². The molecule has 1 aliphatic rings. The topological polar surface area (TPSA) is 418 Å². The summed E-state index contributed by atoms with van der Waals surface area (Å²) < 4.78 is 92.7. The first-order chi connectivity index (χ1) is 25.6. The quantitative estimate of drug-likeness (QED) is 0.0366. The summed E-state index contributed by atoms with van der Waals surface area (Å²) >= 11 is 0.566. The number of phosphoric acid groups is 3. The fraction of sp³-hybridized carbons (Fsp3) is 0.667. The summed E-state index contributed by atoms with van der Waals surface area (Å²) in [6, 6.07) is 0. The van der Waals surface area contributed by atoms with Gasteiger partial charge in [0, 0.05) is 30.7 Å². The van der Waals surface area contributed by atoms with Crippen molar-refractivity contribution in [1.29, 1.82) is 0 Å². The van der Waals surface area contributed by atoms with Gasteiger partial charge in [0.2, 0.25) is 16.9 Å². The third kappa shape index (κ3) is 13.8. The summed E-state index contributed by atoms with van der Waals surface area (Å²) in [6.45, 7) is 0.930. The van der Waals surface area contributed by atoms with Crippen molar-refractivity contribution in [3.05, 3.63) is 12.7 Å². The molecule has 3 rings (SSSR count). The Bertz CT molecular complexity index is 2000. The van der Waals surface area contributed by atoms with E-state index in [-0.39, 0.29) is 42.2 Å². The molecule has 1 saturated heterocycles. The molecule has 0 aromatic carbocycles. The molecule has 27 nitrogen and oxygen atoms in total.